The summed E-state index contributed by atoms with van der Waals surface area (Å²) in [4.78, 5) is 0. The summed E-state index contributed by atoms with van der Waals surface area (Å²) >= 11 is 0. The Kier molecular flexibility index (Phi) is 5.67. The molecule has 0 amide bonds. The van der Waals surface area contributed by atoms with E-state index in [0.717, 1.165) is 28.9 Å². The number of aliphatic hydroxyl groups excluding tert-OH is 1. The molecule has 1 aromatic carbocycles. The molecular weight excluding hydrogens is 224 g/mol. The van der Waals surface area contributed by atoms with Gasteiger partial charge in [0.15, 0.2) is 0 Å². The molecule has 0 radical (unpaired) electrons. The maximum Gasteiger partial charge on any atom is 0.122 e. The Bertz CT molecular complexity index is 385. The van der Waals surface area contributed by atoms with E-state index >= 15 is 0 Å². The summed E-state index contributed by atoms with van der Waals surface area (Å²) in [5, 5.41) is 10.4. The molecule has 0 aliphatic carbocycles. The van der Waals surface area contributed by atoms with Crippen LogP contribution in [0.25, 0.3) is 0 Å². The second-order valence-electron chi connectivity index (χ2n) is 5.24. The Balaban J connectivity index is 2.91. The van der Waals surface area contributed by atoms with E-state index in [1.807, 2.05) is 19.9 Å². The van der Waals surface area contributed by atoms with Gasteiger partial charge in [-0.15, -0.1) is 0 Å². The third-order valence-electron chi connectivity index (χ3n) is 3.65. The number of methoxy groups -OCH3 is 1. The molecule has 2 heteroatoms. The molecule has 2 nitrogen and oxygen atoms in total. The Morgan fingerprint density at radius 2 is 1.89 bits per heavy atom. The van der Waals surface area contributed by atoms with Crippen molar-refractivity contribution in [3.05, 3.63) is 28.8 Å². The molecule has 0 spiro atoms. The van der Waals surface area contributed by atoms with Gasteiger partial charge in [0.25, 0.3) is 0 Å². The van der Waals surface area contributed by atoms with Gasteiger partial charge < -0.3 is 9.84 Å². The Labute approximate surface area is 111 Å². The number of benzene rings is 1. The SMILES string of the molecule is CCCCC(C)C(O)c1cc(C)c(OC)cc1C. The molecule has 0 saturated carbocycles. The molecule has 0 bridgehead atoms. The Hall–Kier alpha value is -1.02. The van der Waals surface area contributed by atoms with Gasteiger partial charge in [-0.3, -0.25) is 0 Å². The zero-order valence-electron chi connectivity index (χ0n) is 12.3. The lowest BCUT2D eigenvalue weighted by Gasteiger charge is -2.22. The van der Waals surface area contributed by atoms with Crippen LogP contribution in [-0.4, -0.2) is 12.2 Å². The second kappa shape index (κ2) is 6.79. The largest absolute Gasteiger partial charge is 0.496 e. The molecule has 0 heterocycles. The molecule has 1 N–H and O–H groups in total. The highest BCUT2D eigenvalue weighted by atomic mass is 16.5. The minimum Gasteiger partial charge on any atom is -0.496 e. The van der Waals surface area contributed by atoms with Crippen molar-refractivity contribution in [2.75, 3.05) is 7.11 Å². The number of hydrogen-bond donors (Lipinski definition) is 1. The molecule has 18 heavy (non-hydrogen) atoms. The molecule has 0 aliphatic rings. The van der Waals surface area contributed by atoms with Crippen molar-refractivity contribution in [3.63, 3.8) is 0 Å². The van der Waals surface area contributed by atoms with Crippen molar-refractivity contribution in [2.24, 2.45) is 5.92 Å². The van der Waals surface area contributed by atoms with Crippen LogP contribution in [0.15, 0.2) is 12.1 Å². The average Bonchev–Trinajstić information content (AvgIpc) is 2.37. The van der Waals surface area contributed by atoms with Crippen molar-refractivity contribution in [3.8, 4) is 5.75 Å². The van der Waals surface area contributed by atoms with Crippen LogP contribution in [0.2, 0.25) is 0 Å². The van der Waals surface area contributed by atoms with E-state index in [-0.39, 0.29) is 6.10 Å². The zero-order valence-corrected chi connectivity index (χ0v) is 12.3. The molecule has 0 aliphatic heterocycles. The van der Waals surface area contributed by atoms with Gasteiger partial charge in [0.05, 0.1) is 13.2 Å². The number of hydrogen-bond acceptors (Lipinski definition) is 2. The molecule has 0 saturated heterocycles. The van der Waals surface area contributed by atoms with E-state index in [1.54, 1.807) is 7.11 Å². The van der Waals surface area contributed by atoms with Crippen molar-refractivity contribution < 1.29 is 9.84 Å². The number of aliphatic hydroxyl groups is 1. The molecule has 1 rings (SSSR count). The van der Waals surface area contributed by atoms with Crippen LogP contribution in [0.4, 0.5) is 0 Å². The monoisotopic (exact) mass is 250 g/mol. The Morgan fingerprint density at radius 1 is 1.22 bits per heavy atom. The minimum absolute atomic E-state index is 0.302. The van der Waals surface area contributed by atoms with Gasteiger partial charge in [0.1, 0.15) is 5.75 Å². The fourth-order valence-electron chi connectivity index (χ4n) is 2.34. The highest BCUT2D eigenvalue weighted by molar-refractivity contribution is 5.42. The van der Waals surface area contributed by atoms with E-state index in [0.29, 0.717) is 5.92 Å². The van der Waals surface area contributed by atoms with Crippen LogP contribution in [0, 0.1) is 19.8 Å². The summed E-state index contributed by atoms with van der Waals surface area (Å²) in [5.74, 6) is 1.20. The molecule has 1 aromatic rings. The van der Waals surface area contributed by atoms with Gasteiger partial charge in [-0.2, -0.15) is 0 Å². The number of unbranched alkanes of at least 4 members (excludes halogenated alkanes) is 1. The molecule has 2 unspecified atom stereocenters. The molecule has 2 atom stereocenters. The quantitative estimate of drug-likeness (QED) is 0.821. The number of rotatable bonds is 6. The predicted octanol–water partition coefficient (Wildman–Crippen LogP) is 4.17. The third kappa shape index (κ3) is 3.49. The van der Waals surface area contributed by atoms with Gasteiger partial charge >= 0.3 is 0 Å². The van der Waals surface area contributed by atoms with Crippen molar-refractivity contribution >= 4 is 0 Å². The molecule has 0 aromatic heterocycles. The smallest absolute Gasteiger partial charge is 0.122 e. The maximum atomic E-state index is 10.4. The zero-order chi connectivity index (χ0) is 13.7. The topological polar surface area (TPSA) is 29.5 Å². The van der Waals surface area contributed by atoms with Gasteiger partial charge in [-0.1, -0.05) is 26.7 Å². The first-order valence-electron chi connectivity index (χ1n) is 6.84. The first-order valence-corrected chi connectivity index (χ1v) is 6.84. The van der Waals surface area contributed by atoms with Crippen LogP contribution in [0.1, 0.15) is 55.9 Å². The highest BCUT2D eigenvalue weighted by Crippen LogP contribution is 2.32. The summed E-state index contributed by atoms with van der Waals surface area (Å²) in [6.45, 7) is 8.36. The highest BCUT2D eigenvalue weighted by Gasteiger charge is 2.19. The van der Waals surface area contributed by atoms with E-state index in [1.165, 1.54) is 12.8 Å². The summed E-state index contributed by atoms with van der Waals surface area (Å²) in [5.41, 5.74) is 3.23. The molecule has 0 fully saturated rings. The normalized spacial score (nSPS) is 14.3. The van der Waals surface area contributed by atoms with E-state index in [2.05, 4.69) is 19.9 Å². The average molecular weight is 250 g/mol. The summed E-state index contributed by atoms with van der Waals surface area (Å²) in [7, 11) is 1.68. The van der Waals surface area contributed by atoms with Crippen molar-refractivity contribution in [1.29, 1.82) is 0 Å². The fourth-order valence-corrected chi connectivity index (χ4v) is 2.34. The Morgan fingerprint density at radius 3 is 2.44 bits per heavy atom. The fraction of sp³-hybridized carbons (Fsp3) is 0.625. The third-order valence-corrected chi connectivity index (χ3v) is 3.65. The first-order chi connectivity index (χ1) is 8.51. The number of ether oxygens (including phenoxy) is 1. The minimum atomic E-state index is -0.374. The van der Waals surface area contributed by atoms with Gasteiger partial charge in [-0.05, 0) is 55.0 Å². The summed E-state index contributed by atoms with van der Waals surface area (Å²) in [6.07, 6.45) is 3.05. The second-order valence-corrected chi connectivity index (χ2v) is 5.24. The van der Waals surface area contributed by atoms with Crippen LogP contribution in [0.5, 0.6) is 5.75 Å². The van der Waals surface area contributed by atoms with Gasteiger partial charge in [-0.25, -0.2) is 0 Å². The molecular formula is C16H26O2. The maximum absolute atomic E-state index is 10.4. The van der Waals surface area contributed by atoms with Crippen LogP contribution in [-0.2, 0) is 0 Å². The lowest BCUT2D eigenvalue weighted by atomic mass is 9.89. The number of aryl methyl sites for hydroxylation is 2. The van der Waals surface area contributed by atoms with Gasteiger partial charge in [0, 0.05) is 0 Å². The first kappa shape index (κ1) is 15.0. The lowest BCUT2D eigenvalue weighted by Crippen LogP contribution is -2.11. The van der Waals surface area contributed by atoms with Crippen molar-refractivity contribution in [2.45, 2.75) is 53.1 Å². The van der Waals surface area contributed by atoms with Crippen LogP contribution >= 0.6 is 0 Å². The lowest BCUT2D eigenvalue weighted by molar-refractivity contribution is 0.110. The summed E-state index contributed by atoms with van der Waals surface area (Å²) < 4.78 is 5.30. The van der Waals surface area contributed by atoms with Crippen LogP contribution < -0.4 is 4.74 Å². The van der Waals surface area contributed by atoms with Gasteiger partial charge in [0.2, 0.25) is 0 Å². The van der Waals surface area contributed by atoms with E-state index in [9.17, 15) is 5.11 Å². The standard InChI is InChI=1S/C16H26O2/c1-6-7-8-11(2)16(17)14-9-13(4)15(18-5)10-12(14)3/h9-11,16-17H,6-8H2,1-5H3. The van der Waals surface area contributed by atoms with Crippen molar-refractivity contribution in [1.82, 2.24) is 0 Å². The van der Waals surface area contributed by atoms with E-state index < -0.39 is 0 Å². The predicted molar refractivity (Wildman–Crippen MR) is 76.1 cm³/mol. The van der Waals surface area contributed by atoms with Crippen LogP contribution in [0.3, 0.4) is 0 Å². The van der Waals surface area contributed by atoms with E-state index in [4.69, 9.17) is 4.74 Å². The summed E-state index contributed by atoms with van der Waals surface area (Å²) in [6, 6.07) is 4.07. The molecule has 102 valence electrons.